The summed E-state index contributed by atoms with van der Waals surface area (Å²) in [5.41, 5.74) is 0.342. The fraction of sp³-hybridized carbons (Fsp3) is 0.222. The molecule has 0 bridgehead atoms. The molecule has 0 unspecified atom stereocenters. The predicted molar refractivity (Wildman–Crippen MR) is 106 cm³/mol. The lowest BCUT2D eigenvalue weighted by atomic mass is 10.3. The summed E-state index contributed by atoms with van der Waals surface area (Å²) < 4.78 is 5.09. The molecule has 0 radical (unpaired) electrons. The molecule has 0 saturated carbocycles. The number of thioether (sulfide) groups is 1. The van der Waals surface area contributed by atoms with Crippen molar-refractivity contribution in [1.29, 1.82) is 0 Å². The van der Waals surface area contributed by atoms with E-state index in [9.17, 15) is 9.59 Å². The molecule has 0 aliphatic rings. The zero-order valence-electron chi connectivity index (χ0n) is 14.3. The number of carbonyl (C=O) groups is 2. The number of rotatable bonds is 7. The van der Waals surface area contributed by atoms with Gasteiger partial charge in [-0.05, 0) is 36.4 Å². The molecule has 0 heterocycles. The molecular weight excluding hydrogens is 395 g/mol. The van der Waals surface area contributed by atoms with E-state index in [4.69, 9.17) is 27.9 Å². The topological polar surface area (TPSA) is 58.6 Å². The molecule has 0 aliphatic heterocycles. The van der Waals surface area contributed by atoms with Crippen LogP contribution in [0.3, 0.4) is 0 Å². The van der Waals surface area contributed by atoms with Crippen LogP contribution in [0, 0.1) is 0 Å². The molecule has 2 amide bonds. The maximum Gasteiger partial charge on any atom is 0.244 e. The number of amides is 2. The third-order valence-electron chi connectivity index (χ3n) is 3.46. The number of nitrogens with one attached hydrogen (secondary N) is 1. The van der Waals surface area contributed by atoms with Crippen LogP contribution in [0.25, 0.3) is 0 Å². The number of methoxy groups -OCH3 is 1. The quantitative estimate of drug-likeness (QED) is 0.692. The Balaban J connectivity index is 1.84. The van der Waals surface area contributed by atoms with E-state index in [2.05, 4.69) is 5.32 Å². The van der Waals surface area contributed by atoms with Crippen molar-refractivity contribution in [2.24, 2.45) is 0 Å². The second-order valence-electron chi connectivity index (χ2n) is 5.36. The van der Waals surface area contributed by atoms with Gasteiger partial charge in [-0.1, -0.05) is 29.3 Å². The first-order chi connectivity index (χ1) is 12.4. The number of hydrogen-bond donors (Lipinski definition) is 1. The van der Waals surface area contributed by atoms with Crippen molar-refractivity contribution in [1.82, 2.24) is 4.90 Å². The number of nitrogens with zero attached hydrogens (tertiary/aromatic N) is 1. The predicted octanol–water partition coefficient (Wildman–Crippen LogP) is 4.19. The number of carbonyl (C=O) groups excluding carboxylic acids is 2. The Morgan fingerprint density at radius 1 is 1.12 bits per heavy atom. The number of benzene rings is 2. The molecule has 1 N–H and O–H groups in total. The number of ether oxygens (including phenoxy) is 1. The van der Waals surface area contributed by atoms with Crippen LogP contribution in [0.1, 0.15) is 0 Å². The van der Waals surface area contributed by atoms with Crippen LogP contribution in [0.4, 0.5) is 5.69 Å². The van der Waals surface area contributed by atoms with Gasteiger partial charge in [0.25, 0.3) is 0 Å². The Morgan fingerprint density at radius 2 is 1.73 bits per heavy atom. The summed E-state index contributed by atoms with van der Waals surface area (Å²) in [6.45, 7) is -0.0937. The zero-order valence-corrected chi connectivity index (χ0v) is 16.6. The van der Waals surface area contributed by atoms with E-state index in [1.807, 2.05) is 24.3 Å². The van der Waals surface area contributed by atoms with Gasteiger partial charge in [-0.25, -0.2) is 0 Å². The van der Waals surface area contributed by atoms with Crippen LogP contribution in [-0.2, 0) is 9.59 Å². The zero-order chi connectivity index (χ0) is 19.1. The highest BCUT2D eigenvalue weighted by atomic mass is 35.5. The minimum atomic E-state index is -0.370. The first kappa shape index (κ1) is 20.4. The van der Waals surface area contributed by atoms with Crippen LogP contribution < -0.4 is 10.1 Å². The fourth-order valence-corrected chi connectivity index (χ4v) is 3.36. The van der Waals surface area contributed by atoms with Crippen molar-refractivity contribution in [2.75, 3.05) is 31.8 Å². The van der Waals surface area contributed by atoms with Gasteiger partial charge in [0.15, 0.2) is 0 Å². The monoisotopic (exact) mass is 412 g/mol. The molecular formula is C18H18Cl2N2O3S. The molecule has 0 aromatic heterocycles. The smallest absolute Gasteiger partial charge is 0.244 e. The number of hydrogen-bond acceptors (Lipinski definition) is 4. The maximum atomic E-state index is 12.2. The lowest BCUT2D eigenvalue weighted by Crippen LogP contribution is -2.36. The van der Waals surface area contributed by atoms with Crippen LogP contribution in [0.15, 0.2) is 47.4 Å². The SMILES string of the molecule is COc1ccc(SCC(=O)N(C)CC(=O)Nc2c(Cl)cccc2Cl)cc1. The maximum absolute atomic E-state index is 12.2. The van der Waals surface area contributed by atoms with E-state index in [0.29, 0.717) is 15.7 Å². The molecule has 0 aliphatic carbocycles. The highest BCUT2D eigenvalue weighted by molar-refractivity contribution is 8.00. The molecule has 8 heteroatoms. The summed E-state index contributed by atoms with van der Waals surface area (Å²) in [5.74, 6) is 0.451. The van der Waals surface area contributed by atoms with Gasteiger partial charge in [-0.3, -0.25) is 9.59 Å². The Bertz CT molecular complexity index is 764. The van der Waals surface area contributed by atoms with Gasteiger partial charge in [0.1, 0.15) is 5.75 Å². The molecule has 0 saturated heterocycles. The van der Waals surface area contributed by atoms with E-state index < -0.39 is 0 Å². The van der Waals surface area contributed by atoms with E-state index in [0.717, 1.165) is 10.6 Å². The van der Waals surface area contributed by atoms with E-state index in [-0.39, 0.29) is 24.1 Å². The average molecular weight is 413 g/mol. The fourth-order valence-electron chi connectivity index (χ4n) is 2.03. The highest BCUT2D eigenvalue weighted by Crippen LogP contribution is 2.29. The second-order valence-corrected chi connectivity index (χ2v) is 7.22. The Kier molecular flexibility index (Phi) is 7.63. The molecule has 138 valence electrons. The minimum Gasteiger partial charge on any atom is -0.497 e. The first-order valence-corrected chi connectivity index (χ1v) is 9.39. The Hall–Kier alpha value is -1.89. The lowest BCUT2D eigenvalue weighted by molar-refractivity contribution is -0.131. The van der Waals surface area contributed by atoms with Gasteiger partial charge in [-0.15, -0.1) is 11.8 Å². The van der Waals surface area contributed by atoms with Crippen molar-refractivity contribution in [3.63, 3.8) is 0 Å². The number of para-hydroxylation sites is 1. The summed E-state index contributed by atoms with van der Waals surface area (Å²) in [6, 6.07) is 12.4. The van der Waals surface area contributed by atoms with Crippen molar-refractivity contribution in [3.8, 4) is 5.75 Å². The standard InChI is InChI=1S/C18H18Cl2N2O3S/c1-22(10-16(23)21-18-14(19)4-3-5-15(18)20)17(24)11-26-13-8-6-12(25-2)7-9-13/h3-9H,10-11H2,1-2H3,(H,21,23). The van der Waals surface area contributed by atoms with Crippen LogP contribution in [0.5, 0.6) is 5.75 Å². The summed E-state index contributed by atoms with van der Waals surface area (Å²) in [6.07, 6.45) is 0. The van der Waals surface area contributed by atoms with Crippen molar-refractivity contribution in [3.05, 3.63) is 52.5 Å². The van der Waals surface area contributed by atoms with E-state index >= 15 is 0 Å². The Labute approximate surface area is 166 Å². The van der Waals surface area contributed by atoms with Gasteiger partial charge < -0.3 is 15.0 Å². The van der Waals surface area contributed by atoms with E-state index in [1.165, 1.54) is 16.7 Å². The van der Waals surface area contributed by atoms with E-state index in [1.54, 1.807) is 32.4 Å². The highest BCUT2D eigenvalue weighted by Gasteiger charge is 2.15. The molecule has 26 heavy (non-hydrogen) atoms. The molecule has 2 aromatic rings. The number of anilines is 1. The normalized spacial score (nSPS) is 10.3. The van der Waals surface area contributed by atoms with Gasteiger partial charge in [0, 0.05) is 11.9 Å². The third kappa shape index (κ3) is 5.83. The second kappa shape index (κ2) is 9.71. The number of likely N-dealkylation sites (N-methyl/N-ethyl adjacent to an activating group) is 1. The summed E-state index contributed by atoms with van der Waals surface area (Å²) in [4.78, 5) is 26.6. The summed E-state index contributed by atoms with van der Waals surface area (Å²) in [7, 11) is 3.17. The van der Waals surface area contributed by atoms with Gasteiger partial charge in [0.05, 0.1) is 35.1 Å². The largest absolute Gasteiger partial charge is 0.497 e. The van der Waals surface area contributed by atoms with Gasteiger partial charge in [0.2, 0.25) is 11.8 Å². The van der Waals surface area contributed by atoms with Crippen molar-refractivity contribution in [2.45, 2.75) is 4.90 Å². The van der Waals surface area contributed by atoms with Gasteiger partial charge >= 0.3 is 0 Å². The Morgan fingerprint density at radius 3 is 2.31 bits per heavy atom. The molecule has 0 spiro atoms. The van der Waals surface area contributed by atoms with Crippen LogP contribution >= 0.6 is 35.0 Å². The summed E-state index contributed by atoms with van der Waals surface area (Å²) in [5, 5.41) is 3.32. The minimum absolute atomic E-state index is 0.0937. The lowest BCUT2D eigenvalue weighted by Gasteiger charge is -2.17. The van der Waals surface area contributed by atoms with Crippen molar-refractivity contribution < 1.29 is 14.3 Å². The molecule has 5 nitrogen and oxygen atoms in total. The van der Waals surface area contributed by atoms with Crippen LogP contribution in [0.2, 0.25) is 10.0 Å². The van der Waals surface area contributed by atoms with Crippen molar-refractivity contribution >= 4 is 52.5 Å². The first-order valence-electron chi connectivity index (χ1n) is 7.65. The van der Waals surface area contributed by atoms with Gasteiger partial charge in [-0.2, -0.15) is 0 Å². The third-order valence-corrected chi connectivity index (χ3v) is 5.08. The average Bonchev–Trinajstić information content (AvgIpc) is 2.63. The number of halogens is 2. The molecule has 2 aromatic carbocycles. The molecule has 0 fully saturated rings. The molecule has 2 rings (SSSR count). The molecule has 0 atom stereocenters. The summed E-state index contributed by atoms with van der Waals surface area (Å²) >= 11 is 13.4. The van der Waals surface area contributed by atoms with Crippen LogP contribution in [-0.4, -0.2) is 43.2 Å².